The Balaban J connectivity index is 1.76. The molecule has 0 aliphatic rings. The Morgan fingerprint density at radius 2 is 1.65 bits per heavy atom. The van der Waals surface area contributed by atoms with Gasteiger partial charge in [0.1, 0.15) is 6.54 Å². The third-order valence-corrected chi connectivity index (χ3v) is 3.97. The number of benzene rings is 2. The molecule has 3 aromatic rings. The Morgan fingerprint density at radius 3 is 2.35 bits per heavy atom. The van der Waals surface area contributed by atoms with Crippen molar-refractivity contribution in [3.63, 3.8) is 0 Å². The number of nitrogens with one attached hydrogen (secondary N) is 1. The lowest BCUT2D eigenvalue weighted by Gasteiger charge is -2.10. The summed E-state index contributed by atoms with van der Waals surface area (Å²) in [5, 5.41) is 7.40. The fourth-order valence-corrected chi connectivity index (χ4v) is 2.71. The van der Waals surface area contributed by atoms with E-state index in [1.54, 1.807) is 24.3 Å². The van der Waals surface area contributed by atoms with Gasteiger partial charge < -0.3 is 11.1 Å². The van der Waals surface area contributed by atoms with Crippen LogP contribution < -0.4 is 16.6 Å². The fraction of sp³-hybridized carbons (Fsp3) is 0.158. The molecule has 2 aromatic carbocycles. The predicted molar refractivity (Wildman–Crippen MR) is 97.7 cm³/mol. The number of amides is 2. The van der Waals surface area contributed by atoms with Crippen molar-refractivity contribution in [3.05, 3.63) is 76.2 Å². The number of nitrogens with zero attached hydrogens (tertiary/aromatic N) is 2. The second-order valence-corrected chi connectivity index (χ2v) is 5.81. The van der Waals surface area contributed by atoms with Gasteiger partial charge in [-0.05, 0) is 18.1 Å². The highest BCUT2D eigenvalue weighted by Gasteiger charge is 2.15. The Morgan fingerprint density at radius 1 is 1.00 bits per heavy atom. The van der Waals surface area contributed by atoms with Crippen LogP contribution in [0, 0.1) is 0 Å². The van der Waals surface area contributed by atoms with Crippen LogP contribution in [0.4, 0.5) is 0 Å². The second kappa shape index (κ2) is 7.60. The van der Waals surface area contributed by atoms with Crippen LogP contribution in [0.15, 0.2) is 59.4 Å². The van der Waals surface area contributed by atoms with E-state index in [0.29, 0.717) is 23.7 Å². The van der Waals surface area contributed by atoms with Gasteiger partial charge >= 0.3 is 0 Å². The normalized spacial score (nSPS) is 10.6. The molecule has 0 saturated heterocycles. The highest BCUT2D eigenvalue weighted by molar-refractivity contribution is 6.04. The molecule has 0 radical (unpaired) electrons. The number of hydrogen-bond acceptors (Lipinski definition) is 4. The molecule has 3 rings (SSSR count). The highest BCUT2D eigenvalue weighted by atomic mass is 16.2. The van der Waals surface area contributed by atoms with Crippen molar-refractivity contribution in [1.29, 1.82) is 0 Å². The topological polar surface area (TPSA) is 107 Å². The number of nitrogens with two attached hydrogens (primary N) is 1. The van der Waals surface area contributed by atoms with Crippen molar-refractivity contribution in [3.8, 4) is 0 Å². The molecule has 0 fully saturated rings. The molecule has 132 valence electrons. The third kappa shape index (κ3) is 3.77. The van der Waals surface area contributed by atoms with Crippen LogP contribution in [0.3, 0.4) is 0 Å². The van der Waals surface area contributed by atoms with E-state index in [-0.39, 0.29) is 18.1 Å². The third-order valence-electron chi connectivity index (χ3n) is 3.97. The van der Waals surface area contributed by atoms with Crippen LogP contribution in [0.25, 0.3) is 10.8 Å². The molecule has 7 heteroatoms. The summed E-state index contributed by atoms with van der Waals surface area (Å²) < 4.78 is 0.972. The molecule has 0 aliphatic heterocycles. The molecule has 2 amide bonds. The summed E-state index contributed by atoms with van der Waals surface area (Å²) in [6, 6.07) is 16.3. The lowest BCUT2D eigenvalue weighted by atomic mass is 10.1. The van der Waals surface area contributed by atoms with Crippen molar-refractivity contribution in [2.24, 2.45) is 5.73 Å². The van der Waals surface area contributed by atoms with Gasteiger partial charge in [0.25, 0.3) is 11.5 Å². The number of carbonyl (C=O) groups is 2. The maximum atomic E-state index is 12.5. The van der Waals surface area contributed by atoms with E-state index >= 15 is 0 Å². The molecule has 26 heavy (non-hydrogen) atoms. The minimum atomic E-state index is -0.751. The summed E-state index contributed by atoms with van der Waals surface area (Å²) >= 11 is 0. The van der Waals surface area contributed by atoms with E-state index in [9.17, 15) is 14.4 Å². The molecule has 0 bridgehead atoms. The van der Waals surface area contributed by atoms with Gasteiger partial charge in [0.2, 0.25) is 5.91 Å². The lowest BCUT2D eigenvalue weighted by Crippen LogP contribution is -2.36. The number of aromatic nitrogens is 2. The van der Waals surface area contributed by atoms with Gasteiger partial charge in [-0.3, -0.25) is 14.4 Å². The fourth-order valence-electron chi connectivity index (χ4n) is 2.71. The SMILES string of the molecule is NC(=O)c1nn(CC(=O)NCCc2ccccc2)c(=O)c2ccccc12. The Hall–Kier alpha value is -3.48. The largest absolute Gasteiger partial charge is 0.364 e. The number of fused-ring (bicyclic) bond motifs is 1. The lowest BCUT2D eigenvalue weighted by molar-refractivity contribution is -0.121. The van der Waals surface area contributed by atoms with Gasteiger partial charge in [0, 0.05) is 11.9 Å². The van der Waals surface area contributed by atoms with E-state index in [4.69, 9.17) is 5.73 Å². The van der Waals surface area contributed by atoms with Crippen LogP contribution in [0.1, 0.15) is 16.1 Å². The average molecular weight is 350 g/mol. The van der Waals surface area contributed by atoms with Crippen molar-refractivity contribution in [2.45, 2.75) is 13.0 Å². The molecule has 0 saturated carbocycles. The molecule has 0 unspecified atom stereocenters. The van der Waals surface area contributed by atoms with Crippen LogP contribution in [0.5, 0.6) is 0 Å². The Labute approximate surface area is 149 Å². The zero-order chi connectivity index (χ0) is 18.5. The first-order valence-electron chi connectivity index (χ1n) is 8.16. The maximum Gasteiger partial charge on any atom is 0.275 e. The molecule has 3 N–H and O–H groups in total. The van der Waals surface area contributed by atoms with Gasteiger partial charge in [-0.1, -0.05) is 48.5 Å². The van der Waals surface area contributed by atoms with Crippen LogP contribution in [-0.4, -0.2) is 28.1 Å². The number of carbonyl (C=O) groups excluding carboxylic acids is 2. The minimum absolute atomic E-state index is 0.0303. The quantitative estimate of drug-likeness (QED) is 0.687. The summed E-state index contributed by atoms with van der Waals surface area (Å²) in [6.07, 6.45) is 0.680. The molecule has 0 atom stereocenters. The van der Waals surface area contributed by atoms with E-state index in [1.807, 2.05) is 30.3 Å². The standard InChI is InChI=1S/C19H18N4O3/c20-18(25)17-14-8-4-5-9-15(14)19(26)23(22-17)12-16(24)21-11-10-13-6-2-1-3-7-13/h1-9H,10-12H2,(H2,20,25)(H,21,24). The number of rotatable bonds is 6. The zero-order valence-corrected chi connectivity index (χ0v) is 14.0. The monoisotopic (exact) mass is 350 g/mol. The molecule has 0 aliphatic carbocycles. The maximum absolute atomic E-state index is 12.5. The van der Waals surface area contributed by atoms with E-state index in [2.05, 4.69) is 10.4 Å². The second-order valence-electron chi connectivity index (χ2n) is 5.81. The summed E-state index contributed by atoms with van der Waals surface area (Å²) in [5.74, 6) is -1.11. The molecule has 0 spiro atoms. The van der Waals surface area contributed by atoms with Gasteiger partial charge in [0.05, 0.1) is 5.39 Å². The summed E-state index contributed by atoms with van der Waals surface area (Å²) in [7, 11) is 0. The smallest absolute Gasteiger partial charge is 0.275 e. The van der Waals surface area contributed by atoms with Crippen molar-refractivity contribution < 1.29 is 9.59 Å². The van der Waals surface area contributed by atoms with Crippen LogP contribution >= 0.6 is 0 Å². The van der Waals surface area contributed by atoms with Gasteiger partial charge in [-0.2, -0.15) is 5.10 Å². The summed E-state index contributed by atoms with van der Waals surface area (Å²) in [6.45, 7) is 0.159. The van der Waals surface area contributed by atoms with Crippen molar-refractivity contribution in [1.82, 2.24) is 15.1 Å². The first-order valence-corrected chi connectivity index (χ1v) is 8.16. The molecule has 1 heterocycles. The van der Waals surface area contributed by atoms with Crippen LogP contribution in [-0.2, 0) is 17.8 Å². The van der Waals surface area contributed by atoms with E-state index in [0.717, 1.165) is 10.2 Å². The summed E-state index contributed by atoms with van der Waals surface area (Å²) in [4.78, 5) is 36.3. The number of hydrogen-bond donors (Lipinski definition) is 2. The van der Waals surface area contributed by atoms with Gasteiger partial charge in [-0.15, -0.1) is 0 Å². The summed E-state index contributed by atoms with van der Waals surface area (Å²) in [5.41, 5.74) is 5.99. The molecule has 1 aromatic heterocycles. The predicted octanol–water partition coefficient (Wildman–Crippen LogP) is 0.854. The highest BCUT2D eigenvalue weighted by Crippen LogP contribution is 2.12. The first kappa shape index (κ1) is 17.3. The van der Waals surface area contributed by atoms with Gasteiger partial charge in [-0.25, -0.2) is 4.68 Å². The first-order chi connectivity index (χ1) is 12.6. The zero-order valence-electron chi connectivity index (χ0n) is 14.0. The molecular formula is C19H18N4O3. The Bertz CT molecular complexity index is 1010. The molecular weight excluding hydrogens is 332 g/mol. The van der Waals surface area contributed by atoms with Crippen molar-refractivity contribution in [2.75, 3.05) is 6.54 Å². The average Bonchev–Trinajstić information content (AvgIpc) is 2.65. The Kier molecular flexibility index (Phi) is 5.07. The van der Waals surface area contributed by atoms with Crippen molar-refractivity contribution >= 4 is 22.6 Å². The van der Waals surface area contributed by atoms with E-state index in [1.165, 1.54) is 0 Å². The van der Waals surface area contributed by atoms with E-state index < -0.39 is 11.5 Å². The minimum Gasteiger partial charge on any atom is -0.364 e. The van der Waals surface area contributed by atoms with Gasteiger partial charge in [0.15, 0.2) is 5.69 Å². The van der Waals surface area contributed by atoms with Crippen LogP contribution in [0.2, 0.25) is 0 Å². The number of primary amides is 1. The molecule has 7 nitrogen and oxygen atoms in total.